The average molecular weight is 369 g/mol. The SMILES string of the molecule is Cc1sc2nc(-c3cccnc3)nc(N3C[C@@H](O)C[C@@H]3C(N)=O)c2c1C. The molecule has 0 unspecified atom stereocenters. The molecular formula is C18H19N5O2S. The summed E-state index contributed by atoms with van der Waals surface area (Å²) in [7, 11) is 0. The first-order valence-electron chi connectivity index (χ1n) is 8.38. The standard InChI is InChI=1S/C18H19N5O2S/c1-9-10(2)26-18-14(9)17(23-8-12(24)6-13(23)15(19)25)21-16(22-18)11-4-3-5-20-7-11/h3-5,7,12-13,24H,6,8H2,1-2H3,(H2,19,25)/t12-,13+/m0/s1. The normalized spacial score (nSPS) is 20.0. The lowest BCUT2D eigenvalue weighted by Crippen LogP contribution is -2.41. The van der Waals surface area contributed by atoms with Crippen LogP contribution in [0.1, 0.15) is 16.9 Å². The van der Waals surface area contributed by atoms with Gasteiger partial charge in [0.1, 0.15) is 16.7 Å². The number of aliphatic hydroxyl groups is 1. The molecule has 26 heavy (non-hydrogen) atoms. The number of anilines is 1. The van der Waals surface area contributed by atoms with Crippen LogP contribution in [0.5, 0.6) is 0 Å². The third kappa shape index (κ3) is 2.71. The molecule has 2 atom stereocenters. The fourth-order valence-corrected chi connectivity index (χ4v) is 4.40. The van der Waals surface area contributed by atoms with Gasteiger partial charge in [0.2, 0.25) is 5.91 Å². The van der Waals surface area contributed by atoms with Gasteiger partial charge in [-0.15, -0.1) is 11.3 Å². The first kappa shape index (κ1) is 16.9. The van der Waals surface area contributed by atoms with Crippen molar-refractivity contribution in [3.8, 4) is 11.4 Å². The van der Waals surface area contributed by atoms with Crippen molar-refractivity contribution < 1.29 is 9.90 Å². The molecule has 0 spiro atoms. The molecule has 3 N–H and O–H groups in total. The predicted molar refractivity (Wildman–Crippen MR) is 101 cm³/mol. The van der Waals surface area contributed by atoms with E-state index in [1.807, 2.05) is 30.9 Å². The minimum atomic E-state index is -0.612. The van der Waals surface area contributed by atoms with Crippen molar-refractivity contribution in [3.63, 3.8) is 0 Å². The van der Waals surface area contributed by atoms with Gasteiger partial charge in [0.05, 0.1) is 11.5 Å². The van der Waals surface area contributed by atoms with E-state index >= 15 is 0 Å². The summed E-state index contributed by atoms with van der Waals surface area (Å²) in [5.74, 6) is 0.739. The molecule has 0 aromatic carbocycles. The van der Waals surface area contributed by atoms with Crippen LogP contribution < -0.4 is 10.6 Å². The van der Waals surface area contributed by atoms with E-state index in [1.165, 1.54) is 0 Å². The molecule has 1 amide bonds. The van der Waals surface area contributed by atoms with Crippen LogP contribution in [0.3, 0.4) is 0 Å². The Morgan fingerprint density at radius 3 is 2.88 bits per heavy atom. The number of aryl methyl sites for hydroxylation is 2. The Morgan fingerprint density at radius 2 is 2.19 bits per heavy atom. The van der Waals surface area contributed by atoms with Crippen molar-refractivity contribution in [3.05, 3.63) is 35.0 Å². The molecule has 0 radical (unpaired) electrons. The molecular weight excluding hydrogens is 350 g/mol. The Bertz CT molecular complexity index is 988. The van der Waals surface area contributed by atoms with E-state index in [1.54, 1.807) is 23.7 Å². The smallest absolute Gasteiger partial charge is 0.240 e. The molecule has 0 saturated carbocycles. The first-order chi connectivity index (χ1) is 12.5. The van der Waals surface area contributed by atoms with Crippen LogP contribution in [0.15, 0.2) is 24.5 Å². The molecule has 134 valence electrons. The van der Waals surface area contributed by atoms with Crippen molar-refractivity contribution in [1.82, 2.24) is 15.0 Å². The van der Waals surface area contributed by atoms with Gasteiger partial charge in [0.25, 0.3) is 0 Å². The fourth-order valence-electron chi connectivity index (χ4n) is 3.38. The molecule has 3 aromatic rings. The number of carbonyl (C=O) groups excluding carboxylic acids is 1. The summed E-state index contributed by atoms with van der Waals surface area (Å²) in [5.41, 5.74) is 7.47. The van der Waals surface area contributed by atoms with Gasteiger partial charge in [-0.25, -0.2) is 9.97 Å². The van der Waals surface area contributed by atoms with E-state index < -0.39 is 18.1 Å². The van der Waals surface area contributed by atoms with E-state index in [4.69, 9.17) is 15.7 Å². The maximum atomic E-state index is 11.9. The number of rotatable bonds is 3. The Labute approximate surface area is 154 Å². The number of hydrogen-bond acceptors (Lipinski definition) is 7. The largest absolute Gasteiger partial charge is 0.391 e. The highest BCUT2D eigenvalue weighted by Crippen LogP contribution is 2.38. The van der Waals surface area contributed by atoms with Gasteiger partial charge in [-0.2, -0.15) is 0 Å². The predicted octanol–water partition coefficient (Wildman–Crippen LogP) is 1.80. The topological polar surface area (TPSA) is 105 Å². The number of aliphatic hydroxyl groups excluding tert-OH is 1. The van der Waals surface area contributed by atoms with Crippen molar-refractivity contribution >= 4 is 33.3 Å². The van der Waals surface area contributed by atoms with Crippen LogP contribution in [-0.4, -0.2) is 44.7 Å². The number of thiophene rings is 1. The number of aromatic nitrogens is 3. The number of carbonyl (C=O) groups is 1. The fraction of sp³-hybridized carbons (Fsp3) is 0.333. The summed E-state index contributed by atoms with van der Waals surface area (Å²) >= 11 is 1.59. The highest BCUT2D eigenvalue weighted by Gasteiger charge is 2.37. The van der Waals surface area contributed by atoms with Crippen molar-refractivity contribution in [2.45, 2.75) is 32.4 Å². The molecule has 1 saturated heterocycles. The van der Waals surface area contributed by atoms with Crippen LogP contribution in [0.2, 0.25) is 0 Å². The number of hydrogen-bond donors (Lipinski definition) is 2. The van der Waals surface area contributed by atoms with Crippen molar-refractivity contribution in [2.75, 3.05) is 11.4 Å². The Kier molecular flexibility index (Phi) is 4.08. The summed E-state index contributed by atoms with van der Waals surface area (Å²) < 4.78 is 0. The molecule has 4 rings (SSSR count). The molecule has 0 bridgehead atoms. The van der Waals surface area contributed by atoms with Gasteiger partial charge in [0.15, 0.2) is 5.82 Å². The molecule has 1 aliphatic rings. The molecule has 8 heteroatoms. The van der Waals surface area contributed by atoms with E-state index in [2.05, 4.69) is 4.98 Å². The summed E-state index contributed by atoms with van der Waals surface area (Å²) in [6, 6.07) is 3.15. The minimum Gasteiger partial charge on any atom is -0.391 e. The second-order valence-corrected chi connectivity index (χ2v) is 7.74. The van der Waals surface area contributed by atoms with Gasteiger partial charge < -0.3 is 15.7 Å². The molecule has 3 aromatic heterocycles. The third-order valence-electron chi connectivity index (χ3n) is 4.81. The zero-order chi connectivity index (χ0) is 18.4. The lowest BCUT2D eigenvalue weighted by atomic mass is 10.1. The number of amides is 1. The monoisotopic (exact) mass is 369 g/mol. The van der Waals surface area contributed by atoms with Gasteiger partial charge in [0, 0.05) is 35.8 Å². The Hall–Kier alpha value is -2.58. The molecule has 1 fully saturated rings. The first-order valence-corrected chi connectivity index (χ1v) is 9.19. The number of nitrogens with two attached hydrogens (primary N) is 1. The maximum absolute atomic E-state index is 11.9. The minimum absolute atomic E-state index is 0.311. The second-order valence-electron chi connectivity index (χ2n) is 6.54. The van der Waals surface area contributed by atoms with Crippen molar-refractivity contribution in [1.29, 1.82) is 0 Å². The average Bonchev–Trinajstić information content (AvgIpc) is 3.15. The molecule has 7 nitrogen and oxygen atoms in total. The third-order valence-corrected chi connectivity index (χ3v) is 5.91. The van der Waals surface area contributed by atoms with E-state index in [-0.39, 0.29) is 0 Å². The zero-order valence-electron chi connectivity index (χ0n) is 14.5. The summed E-state index contributed by atoms with van der Waals surface area (Å²) in [6.45, 7) is 4.39. The van der Waals surface area contributed by atoms with Crippen LogP contribution >= 0.6 is 11.3 Å². The summed E-state index contributed by atoms with van der Waals surface area (Å²) in [5, 5.41) is 11.0. The van der Waals surface area contributed by atoms with Gasteiger partial charge in [-0.05, 0) is 31.5 Å². The number of fused-ring (bicyclic) bond motifs is 1. The van der Waals surface area contributed by atoms with E-state index in [9.17, 15) is 9.90 Å². The number of pyridine rings is 1. The highest BCUT2D eigenvalue weighted by molar-refractivity contribution is 7.18. The molecule has 1 aliphatic heterocycles. The highest BCUT2D eigenvalue weighted by atomic mass is 32.1. The van der Waals surface area contributed by atoms with Crippen LogP contribution in [-0.2, 0) is 4.79 Å². The maximum Gasteiger partial charge on any atom is 0.240 e. The number of β-amino-alcohol motifs (C(OH)–C–C–N with tert-alkyl or cyclic N) is 1. The van der Waals surface area contributed by atoms with E-state index in [0.29, 0.717) is 24.6 Å². The van der Waals surface area contributed by atoms with E-state index in [0.717, 1.165) is 26.2 Å². The number of primary amides is 1. The quantitative estimate of drug-likeness (QED) is 0.729. The van der Waals surface area contributed by atoms with Crippen molar-refractivity contribution in [2.24, 2.45) is 5.73 Å². The summed E-state index contributed by atoms with van der Waals surface area (Å²) in [4.78, 5) is 29.4. The molecule has 4 heterocycles. The van der Waals surface area contributed by atoms with Crippen LogP contribution in [0, 0.1) is 13.8 Å². The van der Waals surface area contributed by atoms with Gasteiger partial charge in [-0.3, -0.25) is 9.78 Å². The van der Waals surface area contributed by atoms with Gasteiger partial charge in [-0.1, -0.05) is 0 Å². The Balaban J connectivity index is 1.96. The summed E-state index contributed by atoms with van der Waals surface area (Å²) in [6.07, 6.45) is 3.11. The lowest BCUT2D eigenvalue weighted by molar-refractivity contribution is -0.119. The Morgan fingerprint density at radius 1 is 1.38 bits per heavy atom. The second kappa shape index (κ2) is 6.30. The van der Waals surface area contributed by atoms with Crippen LogP contribution in [0.4, 0.5) is 5.82 Å². The zero-order valence-corrected chi connectivity index (χ0v) is 15.3. The lowest BCUT2D eigenvalue weighted by Gasteiger charge is -2.24. The van der Waals surface area contributed by atoms with Gasteiger partial charge >= 0.3 is 0 Å². The number of nitrogens with zero attached hydrogens (tertiary/aromatic N) is 4. The molecule has 0 aliphatic carbocycles. The van der Waals surface area contributed by atoms with Crippen LogP contribution in [0.25, 0.3) is 21.6 Å².